The molecule has 1 N–H and O–H groups in total. The minimum Gasteiger partial charge on any atom is -0.395 e. The van der Waals surface area contributed by atoms with Gasteiger partial charge >= 0.3 is 0 Å². The van der Waals surface area contributed by atoms with Crippen molar-refractivity contribution in [2.45, 2.75) is 18.9 Å². The molecule has 0 bridgehead atoms. The smallest absolute Gasteiger partial charge is 0.0558 e. The van der Waals surface area contributed by atoms with Gasteiger partial charge in [-0.3, -0.25) is 0 Å². The van der Waals surface area contributed by atoms with E-state index in [0.717, 1.165) is 6.54 Å². The minimum atomic E-state index is 0.279. The number of likely N-dealkylation sites (N-methyl/N-ethyl adjacent to an activating group) is 1. The van der Waals surface area contributed by atoms with Gasteiger partial charge in [0.15, 0.2) is 0 Å². The molecule has 1 aliphatic heterocycles. The number of nitrogens with zero attached hydrogens (tertiary/aromatic N) is 2. The molecular weight excluding hydrogens is 267 g/mol. The van der Waals surface area contributed by atoms with Crippen molar-refractivity contribution < 1.29 is 5.11 Å². The van der Waals surface area contributed by atoms with Gasteiger partial charge in [0.2, 0.25) is 0 Å². The van der Waals surface area contributed by atoms with Gasteiger partial charge in [-0.15, -0.1) is 0 Å². The van der Waals surface area contributed by atoms with E-state index in [1.807, 2.05) is 0 Å². The van der Waals surface area contributed by atoms with Crippen LogP contribution in [0.4, 0.5) is 0 Å². The highest BCUT2D eigenvalue weighted by atomic mass is 127. The molecule has 0 aromatic heterocycles. The highest BCUT2D eigenvalue weighted by Gasteiger charge is 2.20. The summed E-state index contributed by atoms with van der Waals surface area (Å²) in [4.78, 5) is 2.27. The molecule has 0 aromatic carbocycles. The van der Waals surface area contributed by atoms with E-state index < -0.39 is 0 Å². The summed E-state index contributed by atoms with van der Waals surface area (Å²) in [6, 6.07) is 0.683. The molecule has 0 unspecified atom stereocenters. The van der Waals surface area contributed by atoms with E-state index in [2.05, 4.69) is 37.9 Å². The fourth-order valence-electron chi connectivity index (χ4n) is 1.62. The van der Waals surface area contributed by atoms with Crippen molar-refractivity contribution in [2.24, 2.45) is 0 Å². The van der Waals surface area contributed by atoms with Crippen LogP contribution in [0.15, 0.2) is 0 Å². The van der Waals surface area contributed by atoms with Gasteiger partial charge in [0.05, 0.1) is 6.61 Å². The Balaban J connectivity index is 2.24. The van der Waals surface area contributed by atoms with Crippen LogP contribution in [0, 0.1) is 0 Å². The molecule has 0 amide bonds. The van der Waals surface area contributed by atoms with Gasteiger partial charge in [-0.25, -0.2) is 3.11 Å². The molecule has 1 rings (SSSR count). The molecule has 72 valence electrons. The Kier molecular flexibility index (Phi) is 4.78. The van der Waals surface area contributed by atoms with Gasteiger partial charge in [0.1, 0.15) is 0 Å². The van der Waals surface area contributed by atoms with Crippen LogP contribution < -0.4 is 0 Å². The highest BCUT2D eigenvalue weighted by Crippen LogP contribution is 2.17. The molecule has 4 heteroatoms. The number of rotatable bonds is 3. The van der Waals surface area contributed by atoms with Gasteiger partial charge in [-0.05, 0) is 19.9 Å². The van der Waals surface area contributed by atoms with Crippen LogP contribution in [0.1, 0.15) is 12.8 Å². The Morgan fingerprint density at radius 3 is 2.58 bits per heavy atom. The molecule has 0 aromatic rings. The zero-order chi connectivity index (χ0) is 8.97. The maximum atomic E-state index is 8.77. The van der Waals surface area contributed by atoms with Crippen LogP contribution in [-0.2, 0) is 0 Å². The Morgan fingerprint density at radius 2 is 2.08 bits per heavy atom. The summed E-state index contributed by atoms with van der Waals surface area (Å²) in [6.07, 6.45) is 2.47. The Labute approximate surface area is 88.2 Å². The summed E-state index contributed by atoms with van der Waals surface area (Å²) in [6.45, 7) is 3.45. The third-order valence-corrected chi connectivity index (χ3v) is 3.45. The lowest BCUT2D eigenvalue weighted by Crippen LogP contribution is -2.41. The van der Waals surface area contributed by atoms with Crippen LogP contribution in [0.25, 0.3) is 0 Å². The highest BCUT2D eigenvalue weighted by molar-refractivity contribution is 14.1. The first-order valence-electron chi connectivity index (χ1n) is 4.46. The second kappa shape index (κ2) is 5.36. The van der Waals surface area contributed by atoms with E-state index in [1.54, 1.807) is 0 Å². The van der Waals surface area contributed by atoms with Crippen LogP contribution in [-0.4, -0.2) is 52.5 Å². The molecule has 0 radical (unpaired) electrons. The van der Waals surface area contributed by atoms with Crippen LogP contribution in [0.3, 0.4) is 0 Å². The lowest BCUT2D eigenvalue weighted by molar-refractivity contribution is 0.145. The molecule has 12 heavy (non-hydrogen) atoms. The first-order chi connectivity index (χ1) is 5.74. The minimum absolute atomic E-state index is 0.279. The predicted octanol–water partition coefficient (Wildman–Crippen LogP) is 0.725. The molecule has 3 nitrogen and oxygen atoms in total. The molecule has 0 saturated carbocycles. The molecule has 1 fully saturated rings. The van der Waals surface area contributed by atoms with E-state index in [-0.39, 0.29) is 6.61 Å². The van der Waals surface area contributed by atoms with Crippen molar-refractivity contribution in [3.63, 3.8) is 0 Å². The Hall–Kier alpha value is 0.610. The van der Waals surface area contributed by atoms with Crippen LogP contribution >= 0.6 is 22.9 Å². The average Bonchev–Trinajstić information content (AvgIpc) is 2.06. The van der Waals surface area contributed by atoms with Gasteiger partial charge in [-0.2, -0.15) is 0 Å². The lowest BCUT2D eigenvalue weighted by Gasteiger charge is -2.33. The number of aliphatic hydroxyl groups is 1. The van der Waals surface area contributed by atoms with Crippen LogP contribution in [0.2, 0.25) is 0 Å². The van der Waals surface area contributed by atoms with E-state index in [4.69, 9.17) is 5.11 Å². The predicted molar refractivity (Wildman–Crippen MR) is 58.3 cm³/mol. The fourth-order valence-corrected chi connectivity index (χ4v) is 2.17. The molecule has 1 aliphatic rings. The van der Waals surface area contributed by atoms with E-state index in [9.17, 15) is 0 Å². The standard InChI is InChI=1S/C8H17IN2O/c1-10(6-7-12)8-2-4-11(9)5-3-8/h8,12H,2-7H2,1H3. The maximum absolute atomic E-state index is 8.77. The first-order valence-corrected chi connectivity index (χ1v) is 5.42. The molecule has 0 spiro atoms. The van der Waals surface area contributed by atoms with Gasteiger partial charge < -0.3 is 10.0 Å². The maximum Gasteiger partial charge on any atom is 0.0558 e. The summed E-state index contributed by atoms with van der Waals surface area (Å²) in [5.74, 6) is 0. The van der Waals surface area contributed by atoms with Gasteiger partial charge in [0, 0.05) is 48.5 Å². The Morgan fingerprint density at radius 1 is 1.50 bits per heavy atom. The van der Waals surface area contributed by atoms with Crippen LogP contribution in [0.5, 0.6) is 0 Å². The number of piperidine rings is 1. The zero-order valence-corrected chi connectivity index (χ0v) is 9.70. The third kappa shape index (κ3) is 3.16. The Bertz CT molecular complexity index is 126. The largest absolute Gasteiger partial charge is 0.395 e. The number of hydrogen-bond acceptors (Lipinski definition) is 3. The third-order valence-electron chi connectivity index (χ3n) is 2.49. The molecule has 0 aliphatic carbocycles. The van der Waals surface area contributed by atoms with Crippen molar-refractivity contribution in [2.75, 3.05) is 33.3 Å². The average molecular weight is 284 g/mol. The summed E-state index contributed by atoms with van der Waals surface area (Å²) >= 11 is 2.38. The number of hydrogen-bond donors (Lipinski definition) is 1. The summed E-state index contributed by atoms with van der Waals surface area (Å²) in [7, 11) is 2.10. The zero-order valence-electron chi connectivity index (χ0n) is 7.54. The van der Waals surface area contributed by atoms with Crippen molar-refractivity contribution in [3.05, 3.63) is 0 Å². The summed E-state index contributed by atoms with van der Waals surface area (Å²) in [5.41, 5.74) is 0. The number of halogens is 1. The van der Waals surface area contributed by atoms with E-state index in [0.29, 0.717) is 6.04 Å². The molecule has 1 saturated heterocycles. The van der Waals surface area contributed by atoms with Gasteiger partial charge in [-0.1, -0.05) is 0 Å². The van der Waals surface area contributed by atoms with E-state index in [1.165, 1.54) is 25.9 Å². The summed E-state index contributed by atoms with van der Waals surface area (Å²) in [5, 5.41) is 8.77. The lowest BCUT2D eigenvalue weighted by atomic mass is 10.1. The van der Waals surface area contributed by atoms with Crippen molar-refractivity contribution >= 4 is 22.9 Å². The van der Waals surface area contributed by atoms with Gasteiger partial charge in [0.25, 0.3) is 0 Å². The van der Waals surface area contributed by atoms with Crippen molar-refractivity contribution in [3.8, 4) is 0 Å². The van der Waals surface area contributed by atoms with Crippen molar-refractivity contribution in [1.29, 1.82) is 0 Å². The molecule has 0 atom stereocenters. The first kappa shape index (κ1) is 10.7. The number of aliphatic hydroxyl groups excluding tert-OH is 1. The normalized spacial score (nSPS) is 22.0. The van der Waals surface area contributed by atoms with E-state index >= 15 is 0 Å². The topological polar surface area (TPSA) is 26.7 Å². The molecular formula is C8H17IN2O. The second-order valence-corrected chi connectivity index (χ2v) is 4.71. The quantitative estimate of drug-likeness (QED) is 0.611. The van der Waals surface area contributed by atoms with Crippen molar-refractivity contribution in [1.82, 2.24) is 8.01 Å². The SMILES string of the molecule is CN(CCO)C1CCN(I)CC1. The molecule has 1 heterocycles. The second-order valence-electron chi connectivity index (χ2n) is 3.35. The monoisotopic (exact) mass is 284 g/mol. The summed E-state index contributed by atoms with van der Waals surface area (Å²) < 4.78 is 2.33. The fraction of sp³-hybridized carbons (Fsp3) is 1.00.